The maximum Gasteiger partial charge on any atom is 0.332 e. The van der Waals surface area contributed by atoms with Gasteiger partial charge in [-0.1, -0.05) is 6.92 Å². The van der Waals surface area contributed by atoms with Gasteiger partial charge in [0.1, 0.15) is 5.82 Å². The van der Waals surface area contributed by atoms with Crippen LogP contribution in [0.1, 0.15) is 13.3 Å². The van der Waals surface area contributed by atoms with E-state index < -0.39 is 0 Å². The van der Waals surface area contributed by atoms with Crippen molar-refractivity contribution in [2.75, 3.05) is 31.1 Å². The summed E-state index contributed by atoms with van der Waals surface area (Å²) in [5, 5.41) is 0. The SMILES string of the molecule is CCC(=O)N1CCN(c2cc(=O)n(C)c(=O)n2C)CC1. The molecule has 2 heterocycles. The molecule has 20 heavy (non-hydrogen) atoms. The Bertz CT molecular complexity index is 623. The summed E-state index contributed by atoms with van der Waals surface area (Å²) in [7, 11) is 3.12. The molecule has 0 bridgehead atoms. The van der Waals surface area contributed by atoms with Gasteiger partial charge in [-0.25, -0.2) is 4.79 Å². The van der Waals surface area contributed by atoms with Crippen LogP contribution in [-0.2, 0) is 18.9 Å². The Hall–Kier alpha value is -2.05. The summed E-state index contributed by atoms with van der Waals surface area (Å²) in [6.07, 6.45) is 0.504. The van der Waals surface area contributed by atoms with E-state index in [-0.39, 0.29) is 17.2 Å². The first kappa shape index (κ1) is 14.4. The highest BCUT2D eigenvalue weighted by Gasteiger charge is 2.22. The smallest absolute Gasteiger partial charge is 0.332 e. The molecule has 1 fully saturated rings. The lowest BCUT2D eigenvalue weighted by atomic mass is 10.3. The Morgan fingerprint density at radius 2 is 1.70 bits per heavy atom. The molecule has 1 aromatic rings. The molecule has 0 saturated carbocycles. The van der Waals surface area contributed by atoms with E-state index in [0.717, 1.165) is 4.57 Å². The Labute approximate surface area is 117 Å². The first-order valence-electron chi connectivity index (χ1n) is 6.75. The van der Waals surface area contributed by atoms with Crippen LogP contribution < -0.4 is 16.1 Å². The quantitative estimate of drug-likeness (QED) is 0.707. The molecule has 0 aromatic carbocycles. The molecule has 0 unspecified atom stereocenters. The van der Waals surface area contributed by atoms with E-state index in [2.05, 4.69) is 0 Å². The van der Waals surface area contributed by atoms with Crippen LogP contribution in [0.2, 0.25) is 0 Å². The first-order valence-corrected chi connectivity index (χ1v) is 6.75. The minimum absolute atomic E-state index is 0.141. The number of hydrogen-bond acceptors (Lipinski definition) is 4. The summed E-state index contributed by atoms with van der Waals surface area (Å²) in [6, 6.07) is 1.47. The zero-order valence-corrected chi connectivity index (χ0v) is 12.1. The van der Waals surface area contributed by atoms with Crippen molar-refractivity contribution >= 4 is 11.7 Å². The van der Waals surface area contributed by atoms with Crippen molar-refractivity contribution in [1.82, 2.24) is 14.0 Å². The third kappa shape index (κ3) is 2.48. The number of piperazine rings is 1. The van der Waals surface area contributed by atoms with E-state index in [0.29, 0.717) is 38.4 Å². The molecule has 110 valence electrons. The van der Waals surface area contributed by atoms with Crippen LogP contribution >= 0.6 is 0 Å². The summed E-state index contributed by atoms with van der Waals surface area (Å²) in [4.78, 5) is 39.1. The van der Waals surface area contributed by atoms with E-state index >= 15 is 0 Å². The molecule has 0 aliphatic carbocycles. The van der Waals surface area contributed by atoms with E-state index in [9.17, 15) is 14.4 Å². The lowest BCUT2D eigenvalue weighted by molar-refractivity contribution is -0.131. The van der Waals surface area contributed by atoms with Gasteiger partial charge < -0.3 is 9.80 Å². The summed E-state index contributed by atoms with van der Waals surface area (Å²) < 4.78 is 2.55. The molecular formula is C13H20N4O3. The lowest BCUT2D eigenvalue weighted by Crippen LogP contribution is -2.50. The van der Waals surface area contributed by atoms with Gasteiger partial charge in [-0.05, 0) is 0 Å². The molecule has 2 rings (SSSR count). The number of anilines is 1. The maximum absolute atomic E-state index is 11.9. The standard InChI is InChI=1S/C13H20N4O3/c1-4-11(18)17-7-5-16(6-8-17)10-9-12(19)15(3)13(20)14(10)2/h9H,4-8H2,1-3H3. The average Bonchev–Trinajstić information content (AvgIpc) is 2.48. The zero-order valence-electron chi connectivity index (χ0n) is 12.1. The van der Waals surface area contributed by atoms with E-state index in [1.54, 1.807) is 7.05 Å². The second-order valence-electron chi connectivity index (χ2n) is 4.96. The van der Waals surface area contributed by atoms with Gasteiger partial charge in [0.05, 0.1) is 0 Å². The maximum atomic E-state index is 11.9. The summed E-state index contributed by atoms with van der Waals surface area (Å²) in [6.45, 7) is 4.35. The van der Waals surface area contributed by atoms with E-state index in [1.165, 1.54) is 17.7 Å². The summed E-state index contributed by atoms with van der Waals surface area (Å²) in [5.74, 6) is 0.754. The predicted octanol–water partition coefficient (Wildman–Crippen LogP) is -0.857. The van der Waals surface area contributed by atoms with E-state index in [1.807, 2.05) is 16.7 Å². The van der Waals surface area contributed by atoms with Crippen molar-refractivity contribution in [1.29, 1.82) is 0 Å². The van der Waals surface area contributed by atoms with Gasteiger partial charge in [0.25, 0.3) is 5.56 Å². The molecule has 1 saturated heterocycles. The Morgan fingerprint density at radius 1 is 1.10 bits per heavy atom. The number of carbonyl (C=O) groups excluding carboxylic acids is 1. The fourth-order valence-electron chi connectivity index (χ4n) is 2.43. The molecule has 1 amide bonds. The second-order valence-corrected chi connectivity index (χ2v) is 4.96. The van der Waals surface area contributed by atoms with E-state index in [4.69, 9.17) is 0 Å². The number of rotatable bonds is 2. The van der Waals surface area contributed by atoms with Crippen LogP contribution in [-0.4, -0.2) is 46.1 Å². The average molecular weight is 280 g/mol. The Balaban J connectivity index is 2.22. The van der Waals surface area contributed by atoms with Crippen LogP contribution in [0.15, 0.2) is 15.7 Å². The topological polar surface area (TPSA) is 67.6 Å². The highest BCUT2D eigenvalue weighted by molar-refractivity contribution is 5.76. The van der Waals surface area contributed by atoms with Gasteiger partial charge in [-0.15, -0.1) is 0 Å². The van der Waals surface area contributed by atoms with Crippen LogP contribution in [0.25, 0.3) is 0 Å². The molecule has 1 aliphatic rings. The van der Waals surface area contributed by atoms with Crippen LogP contribution in [0.4, 0.5) is 5.82 Å². The molecule has 0 atom stereocenters. The first-order chi connectivity index (χ1) is 9.45. The number of hydrogen-bond donors (Lipinski definition) is 0. The van der Waals surface area contributed by atoms with Gasteiger partial charge in [0, 0.05) is 52.8 Å². The number of carbonyl (C=O) groups is 1. The van der Waals surface area contributed by atoms with Gasteiger partial charge in [0.2, 0.25) is 5.91 Å². The van der Waals surface area contributed by atoms with Gasteiger partial charge >= 0.3 is 5.69 Å². The minimum Gasteiger partial charge on any atom is -0.354 e. The molecular weight excluding hydrogens is 260 g/mol. The fourth-order valence-corrected chi connectivity index (χ4v) is 2.43. The number of nitrogens with zero attached hydrogens (tertiary/aromatic N) is 4. The second kappa shape index (κ2) is 5.52. The van der Waals surface area contributed by atoms with Crippen molar-refractivity contribution in [2.45, 2.75) is 13.3 Å². The molecule has 0 radical (unpaired) electrons. The number of aromatic nitrogens is 2. The van der Waals surface area contributed by atoms with Gasteiger partial charge in [-0.2, -0.15) is 0 Å². The summed E-state index contributed by atoms with van der Waals surface area (Å²) >= 11 is 0. The molecule has 0 spiro atoms. The molecule has 0 N–H and O–H groups in total. The third-order valence-electron chi connectivity index (χ3n) is 3.76. The van der Waals surface area contributed by atoms with Crippen molar-refractivity contribution < 1.29 is 4.79 Å². The van der Waals surface area contributed by atoms with Crippen LogP contribution in [0.3, 0.4) is 0 Å². The summed E-state index contributed by atoms with van der Waals surface area (Å²) in [5.41, 5.74) is -0.644. The predicted molar refractivity (Wildman–Crippen MR) is 76.0 cm³/mol. The highest BCUT2D eigenvalue weighted by atomic mass is 16.2. The van der Waals surface area contributed by atoms with Crippen LogP contribution in [0.5, 0.6) is 0 Å². The molecule has 1 aliphatic heterocycles. The van der Waals surface area contributed by atoms with Crippen molar-refractivity contribution in [3.63, 3.8) is 0 Å². The Kier molecular flexibility index (Phi) is 3.96. The van der Waals surface area contributed by atoms with Crippen molar-refractivity contribution in [3.8, 4) is 0 Å². The van der Waals surface area contributed by atoms with Gasteiger partial charge in [0.15, 0.2) is 0 Å². The Morgan fingerprint density at radius 3 is 2.25 bits per heavy atom. The van der Waals surface area contributed by atoms with Crippen molar-refractivity contribution in [3.05, 3.63) is 26.9 Å². The molecule has 7 nitrogen and oxygen atoms in total. The minimum atomic E-state index is -0.334. The van der Waals surface area contributed by atoms with Gasteiger partial charge in [-0.3, -0.25) is 18.7 Å². The largest absolute Gasteiger partial charge is 0.354 e. The monoisotopic (exact) mass is 280 g/mol. The number of amides is 1. The third-order valence-corrected chi connectivity index (χ3v) is 3.76. The lowest BCUT2D eigenvalue weighted by Gasteiger charge is -2.36. The molecule has 1 aromatic heterocycles. The van der Waals surface area contributed by atoms with Crippen LogP contribution in [0, 0.1) is 0 Å². The molecule has 7 heteroatoms. The fraction of sp³-hybridized carbons (Fsp3) is 0.615. The highest BCUT2D eigenvalue weighted by Crippen LogP contribution is 2.12. The van der Waals surface area contributed by atoms with Crippen molar-refractivity contribution in [2.24, 2.45) is 14.1 Å². The normalized spacial score (nSPS) is 15.6. The zero-order chi connectivity index (χ0) is 14.9.